The van der Waals surface area contributed by atoms with Gasteiger partial charge in [0.2, 0.25) is 0 Å². The molecule has 0 bridgehead atoms. The number of nitrogens with zero attached hydrogens (tertiary/aromatic N) is 1. The summed E-state index contributed by atoms with van der Waals surface area (Å²) < 4.78 is 4.17. The third kappa shape index (κ3) is 2.66. The van der Waals surface area contributed by atoms with Crippen LogP contribution in [0.3, 0.4) is 0 Å². The summed E-state index contributed by atoms with van der Waals surface area (Å²) in [6, 6.07) is 15.9. The lowest BCUT2D eigenvalue weighted by Crippen LogP contribution is -2.07. The maximum Gasteiger partial charge on any atom is 0.163 e. The largest absolute Gasteiger partial charge is 0.367 e. The molecule has 0 aliphatic carbocycles. The van der Waals surface area contributed by atoms with Crippen LogP contribution in [0, 0.1) is 3.95 Å². The molecule has 0 unspecified atom stereocenters. The Hall–Kier alpha value is -1.36. The molecule has 0 spiro atoms. The quantitative estimate of drug-likeness (QED) is 0.673. The van der Waals surface area contributed by atoms with Crippen molar-refractivity contribution in [2.45, 2.75) is 6.67 Å². The summed E-state index contributed by atoms with van der Waals surface area (Å²) in [6.45, 7) is 0.642. The van der Waals surface area contributed by atoms with Gasteiger partial charge in [-0.15, -0.1) is 11.3 Å². The van der Waals surface area contributed by atoms with E-state index in [-0.39, 0.29) is 0 Å². The fourth-order valence-electron chi connectivity index (χ4n) is 1.93. The lowest BCUT2D eigenvalue weighted by Gasteiger charge is -2.08. The zero-order valence-electron chi connectivity index (χ0n) is 9.97. The Balaban J connectivity index is 1.90. The predicted molar refractivity (Wildman–Crippen MR) is 85.7 cm³/mol. The van der Waals surface area contributed by atoms with Crippen LogP contribution in [-0.2, 0) is 6.67 Å². The number of halogens is 1. The van der Waals surface area contributed by atoms with Crippen LogP contribution in [0.5, 0.6) is 0 Å². The highest BCUT2D eigenvalue weighted by Crippen LogP contribution is 2.23. The molecule has 0 saturated carbocycles. The van der Waals surface area contributed by atoms with Crippen LogP contribution >= 0.6 is 35.2 Å². The summed E-state index contributed by atoms with van der Waals surface area (Å²) >= 11 is 13.0. The van der Waals surface area contributed by atoms with Gasteiger partial charge in [0.05, 0.1) is 16.9 Å². The van der Waals surface area contributed by atoms with Gasteiger partial charge in [-0.3, -0.25) is 0 Å². The van der Waals surface area contributed by atoms with Crippen molar-refractivity contribution in [1.82, 2.24) is 4.57 Å². The second-order valence-corrected chi connectivity index (χ2v) is 6.22. The van der Waals surface area contributed by atoms with Crippen LogP contribution in [0.4, 0.5) is 5.69 Å². The molecule has 0 aliphatic rings. The Bertz CT molecular complexity index is 776. The molecule has 0 radical (unpaired) electrons. The second kappa shape index (κ2) is 5.33. The summed E-state index contributed by atoms with van der Waals surface area (Å²) in [5, 5.41) is 4.07. The van der Waals surface area contributed by atoms with Gasteiger partial charge in [0.15, 0.2) is 3.95 Å². The highest BCUT2D eigenvalue weighted by molar-refractivity contribution is 7.73. The van der Waals surface area contributed by atoms with Crippen molar-refractivity contribution in [1.29, 1.82) is 0 Å². The summed E-state index contributed by atoms with van der Waals surface area (Å²) in [6.07, 6.45) is 0. The van der Waals surface area contributed by atoms with Crippen molar-refractivity contribution >= 4 is 51.1 Å². The average Bonchev–Trinajstić information content (AvgIpc) is 2.72. The first-order valence-corrected chi connectivity index (χ1v) is 7.42. The first kappa shape index (κ1) is 12.7. The van der Waals surface area contributed by atoms with Crippen molar-refractivity contribution in [3.63, 3.8) is 0 Å². The van der Waals surface area contributed by atoms with Gasteiger partial charge in [-0.1, -0.05) is 29.8 Å². The minimum atomic E-state index is 0.642. The van der Waals surface area contributed by atoms with Crippen molar-refractivity contribution in [2.24, 2.45) is 0 Å². The van der Waals surface area contributed by atoms with Crippen LogP contribution in [0.25, 0.3) is 10.2 Å². The Morgan fingerprint density at radius 2 is 2.00 bits per heavy atom. The minimum absolute atomic E-state index is 0.642. The summed E-state index contributed by atoms with van der Waals surface area (Å²) in [5.41, 5.74) is 2.15. The molecular formula is C14H11ClN2S2. The molecule has 5 heteroatoms. The minimum Gasteiger partial charge on any atom is -0.367 e. The molecule has 1 N–H and O–H groups in total. The van der Waals surface area contributed by atoms with E-state index in [0.29, 0.717) is 6.67 Å². The van der Waals surface area contributed by atoms with E-state index >= 15 is 0 Å². The molecular weight excluding hydrogens is 296 g/mol. The van der Waals surface area contributed by atoms with Crippen LogP contribution in [0.15, 0.2) is 48.5 Å². The molecule has 0 atom stereocenters. The number of hydrogen-bond donors (Lipinski definition) is 1. The van der Waals surface area contributed by atoms with Crippen molar-refractivity contribution in [2.75, 3.05) is 5.32 Å². The van der Waals surface area contributed by atoms with Crippen LogP contribution < -0.4 is 5.32 Å². The molecule has 96 valence electrons. The van der Waals surface area contributed by atoms with Crippen molar-refractivity contribution in [3.8, 4) is 0 Å². The SMILES string of the molecule is S=c1sc2ccccc2n1CNc1cccc(Cl)c1. The van der Waals surface area contributed by atoms with E-state index in [0.717, 1.165) is 20.2 Å². The maximum atomic E-state index is 5.97. The zero-order valence-corrected chi connectivity index (χ0v) is 12.4. The highest BCUT2D eigenvalue weighted by atomic mass is 35.5. The lowest BCUT2D eigenvalue weighted by atomic mass is 10.3. The standard InChI is InChI=1S/C14H11ClN2S2/c15-10-4-3-5-11(8-10)16-9-17-12-6-1-2-7-13(12)19-14(17)18/h1-8,16H,9H2. The second-order valence-electron chi connectivity index (χ2n) is 4.11. The first-order chi connectivity index (χ1) is 9.24. The third-order valence-corrected chi connectivity index (χ3v) is 4.51. The molecule has 2 aromatic carbocycles. The molecule has 0 saturated heterocycles. The summed E-state index contributed by atoms with van der Waals surface area (Å²) in [4.78, 5) is 0. The highest BCUT2D eigenvalue weighted by Gasteiger charge is 2.03. The monoisotopic (exact) mass is 306 g/mol. The number of rotatable bonds is 3. The maximum absolute atomic E-state index is 5.97. The number of aromatic nitrogens is 1. The Morgan fingerprint density at radius 1 is 1.16 bits per heavy atom. The van der Waals surface area contributed by atoms with Crippen LogP contribution in [-0.4, -0.2) is 4.57 Å². The van der Waals surface area contributed by atoms with Gasteiger partial charge in [-0.25, -0.2) is 0 Å². The van der Waals surface area contributed by atoms with E-state index in [9.17, 15) is 0 Å². The van der Waals surface area contributed by atoms with Gasteiger partial charge in [-0.05, 0) is 42.5 Å². The van der Waals surface area contributed by atoms with Gasteiger partial charge in [-0.2, -0.15) is 0 Å². The average molecular weight is 307 g/mol. The molecule has 19 heavy (non-hydrogen) atoms. The first-order valence-electron chi connectivity index (χ1n) is 5.82. The molecule has 0 fully saturated rings. The van der Waals surface area contributed by atoms with E-state index in [4.69, 9.17) is 23.8 Å². The van der Waals surface area contributed by atoms with Gasteiger partial charge in [0.1, 0.15) is 0 Å². The van der Waals surface area contributed by atoms with E-state index in [1.165, 1.54) is 4.70 Å². The molecule has 1 aromatic heterocycles. The number of thiazole rings is 1. The Labute approximate surface area is 125 Å². The van der Waals surface area contributed by atoms with E-state index < -0.39 is 0 Å². The van der Waals surface area contributed by atoms with Gasteiger partial charge >= 0.3 is 0 Å². The number of fused-ring (bicyclic) bond motifs is 1. The zero-order chi connectivity index (χ0) is 13.2. The van der Waals surface area contributed by atoms with Crippen LogP contribution in [0.2, 0.25) is 5.02 Å². The fraction of sp³-hybridized carbons (Fsp3) is 0.0714. The molecule has 3 aromatic rings. The van der Waals surface area contributed by atoms with Crippen molar-refractivity contribution in [3.05, 3.63) is 57.5 Å². The number of benzene rings is 2. The van der Waals surface area contributed by atoms with Crippen molar-refractivity contribution < 1.29 is 0 Å². The molecule has 1 heterocycles. The number of nitrogens with one attached hydrogen (secondary N) is 1. The molecule has 0 amide bonds. The van der Waals surface area contributed by atoms with E-state index in [2.05, 4.69) is 22.0 Å². The molecule has 3 rings (SSSR count). The number of anilines is 1. The Kier molecular flexibility index (Phi) is 3.55. The lowest BCUT2D eigenvalue weighted by molar-refractivity contribution is 0.807. The van der Waals surface area contributed by atoms with E-state index in [1.54, 1.807) is 11.3 Å². The van der Waals surface area contributed by atoms with E-state index in [1.807, 2.05) is 36.4 Å². The fourth-order valence-corrected chi connectivity index (χ4v) is 3.45. The third-order valence-electron chi connectivity index (χ3n) is 2.84. The summed E-state index contributed by atoms with van der Waals surface area (Å²) in [7, 11) is 0. The number of hydrogen-bond acceptors (Lipinski definition) is 3. The summed E-state index contributed by atoms with van der Waals surface area (Å²) in [5.74, 6) is 0. The molecule has 2 nitrogen and oxygen atoms in total. The topological polar surface area (TPSA) is 17.0 Å². The van der Waals surface area contributed by atoms with Gasteiger partial charge in [0.25, 0.3) is 0 Å². The normalized spacial score (nSPS) is 10.8. The Morgan fingerprint density at radius 3 is 2.84 bits per heavy atom. The van der Waals surface area contributed by atoms with Gasteiger partial charge < -0.3 is 9.88 Å². The molecule has 0 aliphatic heterocycles. The smallest absolute Gasteiger partial charge is 0.163 e. The predicted octanol–water partition coefficient (Wildman–Crippen LogP) is 5.16. The number of para-hydroxylation sites is 1. The van der Waals surface area contributed by atoms with Gasteiger partial charge in [0, 0.05) is 10.7 Å². The van der Waals surface area contributed by atoms with Crippen LogP contribution in [0.1, 0.15) is 0 Å².